The number of unbranched alkanes of at least 4 members (excludes halogenated alkanes) is 3. The molecule has 0 fully saturated rings. The number of allylic oxidation sites excluding steroid dienone is 1. The fourth-order valence-electron chi connectivity index (χ4n) is 4.46. The Morgan fingerprint density at radius 3 is 2.06 bits per heavy atom. The maximum atomic E-state index is 13.1. The first kappa shape index (κ1) is 38.4. The smallest absolute Gasteiger partial charge is 0.466 e. The molecule has 254 valence electrons. The second-order valence-electron chi connectivity index (χ2n) is 11.7. The summed E-state index contributed by atoms with van der Waals surface area (Å²) in [6.07, 6.45) is 4.74. The molecule has 0 aliphatic carbocycles. The van der Waals surface area contributed by atoms with E-state index in [1.807, 2.05) is 32.9 Å². The predicted octanol–water partition coefficient (Wildman–Crippen LogP) is 6.02. The molecule has 0 bridgehead atoms. The van der Waals surface area contributed by atoms with Crippen LogP contribution in [0.3, 0.4) is 0 Å². The van der Waals surface area contributed by atoms with Crippen LogP contribution in [0.4, 0.5) is 10.5 Å². The Kier molecular flexibility index (Phi) is 16.6. The normalized spacial score (nSPS) is 12.2. The molecule has 47 heavy (non-hydrogen) atoms. The molecule has 2 aromatic rings. The van der Waals surface area contributed by atoms with Gasteiger partial charge in [-0.1, -0.05) is 63.4 Å². The Morgan fingerprint density at radius 2 is 1.45 bits per heavy atom. The number of ether oxygens (including phenoxy) is 3. The van der Waals surface area contributed by atoms with Crippen LogP contribution in [0.15, 0.2) is 60.7 Å². The molecule has 0 saturated heterocycles. The number of carbonyl (C=O) groups excluding carboxylic acids is 6. The number of amides is 2. The zero-order valence-electron chi connectivity index (χ0n) is 27.8. The number of aryl methyl sites for hydroxylation is 1. The number of anilines is 1. The lowest BCUT2D eigenvalue weighted by atomic mass is 9.92. The van der Waals surface area contributed by atoms with E-state index in [0.717, 1.165) is 24.5 Å². The van der Waals surface area contributed by atoms with Crippen LogP contribution in [-0.4, -0.2) is 48.7 Å². The second kappa shape index (κ2) is 20.3. The Labute approximate surface area is 276 Å². The first-order valence-corrected chi connectivity index (χ1v) is 15.8. The molecule has 0 aromatic heterocycles. The van der Waals surface area contributed by atoms with Crippen molar-refractivity contribution in [1.29, 1.82) is 0 Å². The van der Waals surface area contributed by atoms with E-state index >= 15 is 0 Å². The summed E-state index contributed by atoms with van der Waals surface area (Å²) in [5.74, 6) is -1.94. The minimum Gasteiger partial charge on any atom is -0.466 e. The van der Waals surface area contributed by atoms with Crippen molar-refractivity contribution >= 4 is 41.2 Å². The number of esters is 1. The topological polar surface area (TPSA) is 154 Å². The SMILES string of the molecule is COC(=O)/C=C\C(=O)CCCCCCC(=O)N[C@H](C(=O)C[C@@H](C)C(=O)Nc1ccc(COC(=O)Oc2ccc(C)cc2)cc1)C(C)C. The Morgan fingerprint density at radius 1 is 0.809 bits per heavy atom. The fraction of sp³-hybridized carbons (Fsp3) is 0.444. The molecule has 0 aliphatic rings. The highest BCUT2D eigenvalue weighted by Crippen LogP contribution is 2.17. The molecule has 2 rings (SSSR count). The number of benzene rings is 2. The summed E-state index contributed by atoms with van der Waals surface area (Å²) in [4.78, 5) is 73.2. The van der Waals surface area contributed by atoms with Gasteiger partial charge >= 0.3 is 12.1 Å². The van der Waals surface area contributed by atoms with Crippen LogP contribution in [-0.2, 0) is 40.1 Å². The maximum Gasteiger partial charge on any atom is 0.514 e. The number of rotatable bonds is 19. The third kappa shape index (κ3) is 15.4. The molecule has 2 atom stereocenters. The van der Waals surface area contributed by atoms with Gasteiger partial charge in [0.1, 0.15) is 12.4 Å². The van der Waals surface area contributed by atoms with Crippen LogP contribution >= 0.6 is 0 Å². The third-order valence-electron chi connectivity index (χ3n) is 7.27. The number of Topliss-reactive ketones (excluding diaryl/α,β-unsaturated/α-hetero) is 1. The summed E-state index contributed by atoms with van der Waals surface area (Å²) in [5, 5.41) is 5.62. The molecular weight excluding hydrogens is 604 g/mol. The molecule has 2 N–H and O–H groups in total. The summed E-state index contributed by atoms with van der Waals surface area (Å²) in [6.45, 7) is 7.26. The third-order valence-corrected chi connectivity index (χ3v) is 7.27. The van der Waals surface area contributed by atoms with E-state index in [1.165, 1.54) is 13.2 Å². The van der Waals surface area contributed by atoms with Gasteiger partial charge in [0.05, 0.1) is 13.2 Å². The van der Waals surface area contributed by atoms with E-state index in [4.69, 9.17) is 9.47 Å². The first-order chi connectivity index (χ1) is 22.4. The van der Waals surface area contributed by atoms with Gasteiger partial charge in [0.15, 0.2) is 11.6 Å². The number of carbonyl (C=O) groups is 6. The van der Waals surface area contributed by atoms with Gasteiger partial charge in [-0.15, -0.1) is 0 Å². The van der Waals surface area contributed by atoms with Crippen molar-refractivity contribution in [3.05, 3.63) is 71.8 Å². The van der Waals surface area contributed by atoms with E-state index in [0.29, 0.717) is 36.3 Å². The Bertz CT molecular complexity index is 1380. The molecular formula is C36H46N2O9. The van der Waals surface area contributed by atoms with Gasteiger partial charge in [0.25, 0.3) is 0 Å². The van der Waals surface area contributed by atoms with Gasteiger partial charge in [0.2, 0.25) is 11.8 Å². The van der Waals surface area contributed by atoms with Crippen molar-refractivity contribution in [3.8, 4) is 5.75 Å². The summed E-state index contributed by atoms with van der Waals surface area (Å²) in [6, 6.07) is 13.1. The molecule has 11 nitrogen and oxygen atoms in total. The van der Waals surface area contributed by atoms with Crippen LogP contribution in [0, 0.1) is 18.8 Å². The predicted molar refractivity (Wildman–Crippen MR) is 176 cm³/mol. The zero-order valence-corrected chi connectivity index (χ0v) is 27.8. The lowest BCUT2D eigenvalue weighted by molar-refractivity contribution is -0.135. The second-order valence-corrected chi connectivity index (χ2v) is 11.7. The molecule has 0 saturated carbocycles. The van der Waals surface area contributed by atoms with Crippen molar-refractivity contribution in [1.82, 2.24) is 5.32 Å². The van der Waals surface area contributed by atoms with Crippen molar-refractivity contribution in [2.24, 2.45) is 11.8 Å². The zero-order chi connectivity index (χ0) is 34.8. The van der Waals surface area contributed by atoms with E-state index < -0.39 is 24.1 Å². The van der Waals surface area contributed by atoms with Crippen LogP contribution in [0.25, 0.3) is 0 Å². The molecule has 2 amide bonds. The minimum absolute atomic E-state index is 0.00921. The van der Waals surface area contributed by atoms with E-state index in [-0.39, 0.29) is 48.7 Å². The number of ketones is 2. The Hall–Kier alpha value is -4.80. The summed E-state index contributed by atoms with van der Waals surface area (Å²) >= 11 is 0. The lowest BCUT2D eigenvalue weighted by Crippen LogP contribution is -2.45. The van der Waals surface area contributed by atoms with Gasteiger partial charge in [-0.2, -0.15) is 0 Å². The first-order valence-electron chi connectivity index (χ1n) is 15.8. The molecule has 11 heteroatoms. The number of methoxy groups -OCH3 is 1. The van der Waals surface area contributed by atoms with Crippen molar-refractivity contribution < 1.29 is 43.0 Å². The van der Waals surface area contributed by atoms with Crippen LogP contribution in [0.2, 0.25) is 0 Å². The number of hydrogen-bond acceptors (Lipinski definition) is 9. The van der Waals surface area contributed by atoms with Crippen LogP contribution in [0.1, 0.15) is 76.8 Å². The van der Waals surface area contributed by atoms with Gasteiger partial charge < -0.3 is 24.8 Å². The van der Waals surface area contributed by atoms with Crippen molar-refractivity contribution in [2.75, 3.05) is 12.4 Å². The minimum atomic E-state index is -0.825. The molecule has 2 aromatic carbocycles. The van der Waals surface area contributed by atoms with Crippen LogP contribution < -0.4 is 15.4 Å². The largest absolute Gasteiger partial charge is 0.514 e. The van der Waals surface area contributed by atoms with Crippen molar-refractivity contribution in [3.63, 3.8) is 0 Å². The van der Waals surface area contributed by atoms with E-state index in [2.05, 4.69) is 15.4 Å². The van der Waals surface area contributed by atoms with Gasteiger partial charge in [-0.05, 0) is 61.6 Å². The molecule has 0 radical (unpaired) electrons. The van der Waals surface area contributed by atoms with Gasteiger partial charge in [-0.3, -0.25) is 19.2 Å². The fourth-order valence-corrected chi connectivity index (χ4v) is 4.46. The highest BCUT2D eigenvalue weighted by Gasteiger charge is 2.27. The summed E-state index contributed by atoms with van der Waals surface area (Å²) in [7, 11) is 1.24. The number of hydrogen-bond donors (Lipinski definition) is 2. The maximum absolute atomic E-state index is 13.1. The highest BCUT2D eigenvalue weighted by molar-refractivity contribution is 5.97. The van der Waals surface area contributed by atoms with E-state index in [9.17, 15) is 28.8 Å². The summed E-state index contributed by atoms with van der Waals surface area (Å²) < 4.78 is 14.7. The Balaban J connectivity index is 1.72. The monoisotopic (exact) mass is 650 g/mol. The average Bonchev–Trinajstić information content (AvgIpc) is 3.04. The van der Waals surface area contributed by atoms with E-state index in [1.54, 1.807) is 43.3 Å². The quantitative estimate of drug-likeness (QED) is 0.0803. The standard InChI is InChI=1S/C36H46N2O9/c1-24(2)34(38-32(41)11-9-7-6-8-10-29(39)18-21-33(42)45-5)31(40)22-26(4)35(43)37-28-16-14-27(15-17-28)23-46-36(44)47-30-19-12-25(3)13-20-30/h12-21,24,26,34H,6-11,22-23H2,1-5H3,(H,37,43)(H,38,41)/b21-18-/t26-,34+/m1/s1. The molecule has 0 heterocycles. The highest BCUT2D eigenvalue weighted by atomic mass is 16.7. The molecule has 0 aliphatic heterocycles. The number of nitrogens with one attached hydrogen (secondary N) is 2. The lowest BCUT2D eigenvalue weighted by Gasteiger charge is -2.23. The van der Waals surface area contributed by atoms with Gasteiger partial charge in [-0.25, -0.2) is 9.59 Å². The summed E-state index contributed by atoms with van der Waals surface area (Å²) in [5.41, 5.74) is 2.26. The van der Waals surface area contributed by atoms with Crippen molar-refractivity contribution in [2.45, 2.75) is 85.3 Å². The molecule has 0 spiro atoms. The average molecular weight is 651 g/mol. The molecule has 0 unspecified atom stereocenters. The van der Waals surface area contributed by atoms with Gasteiger partial charge in [0, 0.05) is 36.9 Å². The van der Waals surface area contributed by atoms with Crippen LogP contribution in [0.5, 0.6) is 5.75 Å².